The molecule has 0 fully saturated rings. The topological polar surface area (TPSA) is 64.8 Å². The van der Waals surface area contributed by atoms with E-state index in [1.807, 2.05) is 38.1 Å². The van der Waals surface area contributed by atoms with Crippen LogP contribution in [0.15, 0.2) is 70.4 Å². The molecule has 0 aliphatic rings. The van der Waals surface area contributed by atoms with Gasteiger partial charge in [-0.3, -0.25) is 0 Å². The minimum absolute atomic E-state index is 0.213. The lowest BCUT2D eigenvalue weighted by atomic mass is 10.1. The lowest BCUT2D eigenvalue weighted by molar-refractivity contribution is 0.588. The summed E-state index contributed by atoms with van der Waals surface area (Å²) in [7, 11) is -3.79. The van der Waals surface area contributed by atoms with Crippen LogP contribution in [0.4, 0.5) is 0 Å². The van der Waals surface area contributed by atoms with E-state index in [2.05, 4.69) is 25.9 Å². The van der Waals surface area contributed by atoms with E-state index in [-0.39, 0.29) is 4.90 Å². The van der Waals surface area contributed by atoms with Gasteiger partial charge < -0.3 is 0 Å². The molecule has 0 spiro atoms. The van der Waals surface area contributed by atoms with E-state index in [1.54, 1.807) is 30.5 Å². The Hall–Kier alpha value is -2.51. The van der Waals surface area contributed by atoms with E-state index in [0.717, 1.165) is 22.3 Å². The number of nitrogens with zero attached hydrogens (tertiary/aromatic N) is 3. The molecule has 0 bridgehead atoms. The zero-order chi connectivity index (χ0) is 19.2. The van der Waals surface area contributed by atoms with Crippen molar-refractivity contribution in [3.8, 4) is 11.1 Å². The predicted molar refractivity (Wildman–Crippen MR) is 109 cm³/mol. The average Bonchev–Trinajstić information content (AvgIpc) is 3.01. The maximum absolute atomic E-state index is 13.2. The number of aromatic nitrogens is 3. The Labute approximate surface area is 165 Å². The number of aryl methyl sites for hydroxylation is 2. The first-order valence-corrected chi connectivity index (χ1v) is 10.5. The van der Waals surface area contributed by atoms with E-state index in [4.69, 9.17) is 0 Å². The largest absolute Gasteiger partial charge is 0.269 e. The smallest absolute Gasteiger partial charge is 0.235 e. The zero-order valence-electron chi connectivity index (χ0n) is 14.7. The van der Waals surface area contributed by atoms with E-state index >= 15 is 0 Å². The summed E-state index contributed by atoms with van der Waals surface area (Å²) in [6, 6.07) is 14.6. The average molecular weight is 442 g/mol. The SMILES string of the molecule is Cc1ccc(S(=O)(=O)n2cc(-c3cccc(C)c3)c3nc(Br)cnc32)cc1. The number of hydrogen-bond donors (Lipinski definition) is 0. The minimum Gasteiger partial charge on any atom is -0.235 e. The first kappa shape index (κ1) is 17.9. The monoisotopic (exact) mass is 441 g/mol. The first-order chi connectivity index (χ1) is 12.9. The van der Waals surface area contributed by atoms with Gasteiger partial charge >= 0.3 is 0 Å². The summed E-state index contributed by atoms with van der Waals surface area (Å²) in [6.07, 6.45) is 3.10. The van der Waals surface area contributed by atoms with Crippen molar-refractivity contribution < 1.29 is 8.42 Å². The van der Waals surface area contributed by atoms with Crippen molar-refractivity contribution in [3.63, 3.8) is 0 Å². The number of rotatable bonds is 3. The predicted octanol–water partition coefficient (Wildman–Crippen LogP) is 4.71. The van der Waals surface area contributed by atoms with E-state index in [1.165, 1.54) is 10.2 Å². The highest BCUT2D eigenvalue weighted by molar-refractivity contribution is 9.10. The van der Waals surface area contributed by atoms with Crippen molar-refractivity contribution in [2.75, 3.05) is 0 Å². The summed E-state index contributed by atoms with van der Waals surface area (Å²) >= 11 is 3.33. The lowest BCUT2D eigenvalue weighted by Gasteiger charge is -2.07. The molecular formula is C20H16BrN3O2S. The molecule has 0 radical (unpaired) electrons. The molecule has 4 rings (SSSR count). The van der Waals surface area contributed by atoms with Gasteiger partial charge in [-0.1, -0.05) is 47.5 Å². The van der Waals surface area contributed by atoms with Crippen molar-refractivity contribution in [2.24, 2.45) is 0 Å². The molecule has 0 atom stereocenters. The number of hydrogen-bond acceptors (Lipinski definition) is 4. The number of fused-ring (bicyclic) bond motifs is 1. The van der Waals surface area contributed by atoms with Gasteiger partial charge in [0.05, 0.1) is 11.1 Å². The van der Waals surface area contributed by atoms with Crippen LogP contribution in [0.5, 0.6) is 0 Å². The summed E-state index contributed by atoms with van der Waals surface area (Å²) in [5.41, 5.74) is 4.53. The van der Waals surface area contributed by atoms with Crippen LogP contribution in [0.2, 0.25) is 0 Å². The molecular weight excluding hydrogens is 426 g/mol. The fraction of sp³-hybridized carbons (Fsp3) is 0.100. The second-order valence-corrected chi connectivity index (χ2v) is 9.02. The van der Waals surface area contributed by atoms with Gasteiger partial charge in [-0.2, -0.15) is 0 Å². The highest BCUT2D eigenvalue weighted by Crippen LogP contribution is 2.32. The van der Waals surface area contributed by atoms with Crippen molar-refractivity contribution in [2.45, 2.75) is 18.7 Å². The number of benzene rings is 2. The summed E-state index contributed by atoms with van der Waals surface area (Å²) in [6.45, 7) is 3.91. The maximum Gasteiger partial charge on any atom is 0.269 e. The molecule has 0 amide bonds. The van der Waals surface area contributed by atoms with Crippen LogP contribution < -0.4 is 0 Å². The Morgan fingerprint density at radius 3 is 2.44 bits per heavy atom. The maximum atomic E-state index is 13.2. The molecule has 2 heterocycles. The summed E-state index contributed by atoms with van der Waals surface area (Å²) in [5.74, 6) is 0. The Kier molecular flexibility index (Phi) is 4.36. The van der Waals surface area contributed by atoms with Crippen LogP contribution in [0.3, 0.4) is 0 Å². The van der Waals surface area contributed by atoms with Crippen LogP contribution >= 0.6 is 15.9 Å². The van der Waals surface area contributed by atoms with Crippen LogP contribution in [0.1, 0.15) is 11.1 Å². The summed E-state index contributed by atoms with van der Waals surface area (Å²) in [5, 5.41) is 0. The van der Waals surface area contributed by atoms with Crippen LogP contribution in [-0.4, -0.2) is 22.4 Å². The van der Waals surface area contributed by atoms with Gasteiger partial charge in [0, 0.05) is 11.8 Å². The Morgan fingerprint density at radius 2 is 1.74 bits per heavy atom. The highest BCUT2D eigenvalue weighted by Gasteiger charge is 2.23. The van der Waals surface area contributed by atoms with Crippen molar-refractivity contribution in [1.82, 2.24) is 13.9 Å². The molecule has 4 aromatic rings. The lowest BCUT2D eigenvalue weighted by Crippen LogP contribution is -2.12. The van der Waals surface area contributed by atoms with Gasteiger partial charge in [0.25, 0.3) is 10.0 Å². The molecule has 2 aromatic heterocycles. The highest BCUT2D eigenvalue weighted by atomic mass is 79.9. The molecule has 136 valence electrons. The molecule has 5 nitrogen and oxygen atoms in total. The van der Waals surface area contributed by atoms with Crippen LogP contribution in [0.25, 0.3) is 22.3 Å². The van der Waals surface area contributed by atoms with E-state index in [0.29, 0.717) is 15.8 Å². The van der Waals surface area contributed by atoms with Gasteiger partial charge in [-0.25, -0.2) is 22.4 Å². The standard InChI is InChI=1S/C20H16BrN3O2S/c1-13-6-8-16(9-7-13)27(25,26)24-12-17(15-5-3-4-14(2)10-15)19-20(24)22-11-18(21)23-19/h3-12H,1-2H3. The second kappa shape index (κ2) is 6.58. The fourth-order valence-corrected chi connectivity index (χ4v) is 4.57. The third-order valence-corrected chi connectivity index (χ3v) is 6.39. The number of halogens is 1. The Bertz CT molecular complexity index is 1260. The van der Waals surface area contributed by atoms with Gasteiger partial charge in [0.2, 0.25) is 0 Å². The molecule has 0 N–H and O–H groups in total. The van der Waals surface area contributed by atoms with Crippen molar-refractivity contribution >= 4 is 37.1 Å². The molecule has 7 heteroatoms. The van der Waals surface area contributed by atoms with Gasteiger partial charge in [-0.15, -0.1) is 0 Å². The molecule has 27 heavy (non-hydrogen) atoms. The minimum atomic E-state index is -3.79. The third-order valence-electron chi connectivity index (χ3n) is 4.34. The van der Waals surface area contributed by atoms with Crippen LogP contribution in [0, 0.1) is 13.8 Å². The molecule has 2 aromatic carbocycles. The Balaban J connectivity index is 2.01. The molecule has 0 saturated heterocycles. The van der Waals surface area contributed by atoms with E-state index < -0.39 is 10.0 Å². The summed E-state index contributed by atoms with van der Waals surface area (Å²) < 4.78 is 28.2. The Morgan fingerprint density at radius 1 is 1.00 bits per heavy atom. The zero-order valence-corrected chi connectivity index (χ0v) is 17.1. The molecule has 0 saturated carbocycles. The van der Waals surface area contributed by atoms with Gasteiger partial charge in [0.15, 0.2) is 5.65 Å². The second-order valence-electron chi connectivity index (χ2n) is 6.39. The third kappa shape index (κ3) is 3.17. The van der Waals surface area contributed by atoms with Crippen molar-refractivity contribution in [1.29, 1.82) is 0 Å². The normalized spacial score (nSPS) is 11.8. The first-order valence-electron chi connectivity index (χ1n) is 8.29. The summed E-state index contributed by atoms with van der Waals surface area (Å²) in [4.78, 5) is 9.04. The molecule has 0 aliphatic carbocycles. The van der Waals surface area contributed by atoms with Crippen molar-refractivity contribution in [3.05, 3.63) is 76.7 Å². The molecule has 0 aliphatic heterocycles. The van der Waals surface area contributed by atoms with Gasteiger partial charge in [-0.05, 0) is 47.5 Å². The van der Waals surface area contributed by atoms with E-state index in [9.17, 15) is 8.42 Å². The fourth-order valence-electron chi connectivity index (χ4n) is 2.97. The van der Waals surface area contributed by atoms with Gasteiger partial charge in [0.1, 0.15) is 10.1 Å². The molecule has 0 unspecified atom stereocenters. The van der Waals surface area contributed by atoms with Crippen LogP contribution in [-0.2, 0) is 10.0 Å². The quantitative estimate of drug-likeness (QED) is 0.461.